The van der Waals surface area contributed by atoms with Gasteiger partial charge in [-0.1, -0.05) is 12.1 Å². The summed E-state index contributed by atoms with van der Waals surface area (Å²) in [5.74, 6) is -0.355. The topological polar surface area (TPSA) is 52.7 Å². The summed E-state index contributed by atoms with van der Waals surface area (Å²) in [6, 6.07) is 13.9. The largest absolute Gasteiger partial charge is 0.372 e. The number of hydrogen-bond donors (Lipinski definition) is 1. The van der Waals surface area contributed by atoms with E-state index in [-0.39, 0.29) is 18.4 Å². The molecule has 28 heavy (non-hydrogen) atoms. The zero-order valence-corrected chi connectivity index (χ0v) is 17.0. The van der Waals surface area contributed by atoms with Gasteiger partial charge in [0.15, 0.2) is 0 Å². The molecule has 5 heteroatoms. The van der Waals surface area contributed by atoms with Crippen LogP contribution in [0.1, 0.15) is 37.3 Å². The van der Waals surface area contributed by atoms with Crippen molar-refractivity contribution in [3.8, 4) is 0 Å². The smallest absolute Gasteiger partial charge is 0.244 e. The quantitative estimate of drug-likeness (QED) is 0.843. The zero-order chi connectivity index (χ0) is 20.1. The van der Waals surface area contributed by atoms with Crippen molar-refractivity contribution in [3.63, 3.8) is 0 Å². The lowest BCUT2D eigenvalue weighted by atomic mass is 10.1. The Morgan fingerprint density at radius 1 is 1.00 bits per heavy atom. The van der Waals surface area contributed by atoms with E-state index in [0.717, 1.165) is 35.6 Å². The Balaban J connectivity index is 1.66. The molecule has 0 atom stereocenters. The van der Waals surface area contributed by atoms with E-state index in [1.165, 1.54) is 36.8 Å². The molecule has 0 spiro atoms. The van der Waals surface area contributed by atoms with E-state index in [9.17, 15) is 9.59 Å². The summed E-state index contributed by atoms with van der Waals surface area (Å²) in [4.78, 5) is 28.6. The molecular formula is C23H29N3O2. The van der Waals surface area contributed by atoms with E-state index in [1.807, 2.05) is 56.3 Å². The van der Waals surface area contributed by atoms with Gasteiger partial charge in [-0.05, 0) is 74.6 Å². The second kappa shape index (κ2) is 8.91. The third-order valence-corrected chi connectivity index (χ3v) is 5.21. The maximum absolute atomic E-state index is 12.6. The molecule has 1 fully saturated rings. The number of nitrogens with zero attached hydrogens (tertiary/aromatic N) is 2. The summed E-state index contributed by atoms with van der Waals surface area (Å²) in [5.41, 5.74) is 4.75. The molecule has 1 N–H and O–H groups in total. The summed E-state index contributed by atoms with van der Waals surface area (Å²) in [6.07, 6.45) is 3.77. The van der Waals surface area contributed by atoms with Crippen LogP contribution in [0.3, 0.4) is 0 Å². The van der Waals surface area contributed by atoms with Gasteiger partial charge >= 0.3 is 0 Å². The van der Waals surface area contributed by atoms with Crippen LogP contribution in [-0.4, -0.2) is 31.4 Å². The second-order valence-corrected chi connectivity index (χ2v) is 7.54. The zero-order valence-electron chi connectivity index (χ0n) is 17.0. The summed E-state index contributed by atoms with van der Waals surface area (Å²) in [6.45, 7) is 7.59. The van der Waals surface area contributed by atoms with Crippen LogP contribution in [-0.2, 0) is 9.59 Å². The fourth-order valence-electron chi connectivity index (χ4n) is 3.63. The molecule has 1 aliphatic rings. The van der Waals surface area contributed by atoms with Gasteiger partial charge < -0.3 is 15.1 Å². The maximum atomic E-state index is 12.6. The van der Waals surface area contributed by atoms with Gasteiger partial charge in [0.1, 0.15) is 6.54 Å². The highest BCUT2D eigenvalue weighted by atomic mass is 16.2. The Morgan fingerprint density at radius 2 is 1.68 bits per heavy atom. The number of amides is 2. The molecule has 148 valence electrons. The van der Waals surface area contributed by atoms with Crippen molar-refractivity contribution in [2.75, 3.05) is 34.8 Å². The number of carbonyl (C=O) groups is 2. The third-order valence-electron chi connectivity index (χ3n) is 5.21. The summed E-state index contributed by atoms with van der Waals surface area (Å²) >= 11 is 0. The number of hydrogen-bond acceptors (Lipinski definition) is 3. The Morgan fingerprint density at radius 3 is 2.32 bits per heavy atom. The molecule has 1 heterocycles. The van der Waals surface area contributed by atoms with Crippen molar-refractivity contribution in [3.05, 3.63) is 53.6 Å². The summed E-state index contributed by atoms with van der Waals surface area (Å²) in [7, 11) is 0. The van der Waals surface area contributed by atoms with Crippen molar-refractivity contribution >= 4 is 28.9 Å². The van der Waals surface area contributed by atoms with Crippen LogP contribution in [0.2, 0.25) is 0 Å². The Labute approximate surface area is 167 Å². The van der Waals surface area contributed by atoms with Crippen LogP contribution in [0.15, 0.2) is 42.5 Å². The fraction of sp³-hybridized carbons (Fsp3) is 0.391. The van der Waals surface area contributed by atoms with E-state index >= 15 is 0 Å². The monoisotopic (exact) mass is 379 g/mol. The van der Waals surface area contributed by atoms with Crippen molar-refractivity contribution in [1.82, 2.24) is 0 Å². The first-order valence-electron chi connectivity index (χ1n) is 9.94. The van der Waals surface area contributed by atoms with E-state index in [2.05, 4.69) is 10.2 Å². The predicted molar refractivity (Wildman–Crippen MR) is 115 cm³/mol. The van der Waals surface area contributed by atoms with Crippen LogP contribution >= 0.6 is 0 Å². The number of aryl methyl sites for hydroxylation is 2. The first kappa shape index (κ1) is 19.9. The number of benzene rings is 2. The Kier molecular flexibility index (Phi) is 6.34. The highest BCUT2D eigenvalue weighted by Gasteiger charge is 2.18. The fourth-order valence-corrected chi connectivity index (χ4v) is 3.63. The Bertz CT molecular complexity index is 839. The molecule has 0 aromatic heterocycles. The third kappa shape index (κ3) is 4.91. The van der Waals surface area contributed by atoms with E-state index in [1.54, 1.807) is 0 Å². The number of nitrogens with one attached hydrogen (secondary N) is 1. The molecule has 5 nitrogen and oxygen atoms in total. The van der Waals surface area contributed by atoms with Crippen LogP contribution < -0.4 is 15.1 Å². The van der Waals surface area contributed by atoms with Gasteiger partial charge in [0.2, 0.25) is 11.8 Å². The minimum absolute atomic E-state index is 0.00645. The first-order valence-corrected chi connectivity index (χ1v) is 9.94. The van der Waals surface area contributed by atoms with Crippen LogP contribution in [0, 0.1) is 13.8 Å². The van der Waals surface area contributed by atoms with Crippen molar-refractivity contribution < 1.29 is 9.59 Å². The average Bonchev–Trinajstić information content (AvgIpc) is 2.69. The standard InChI is InChI=1S/C23H29N3O2/c1-17-7-8-18(2)22(15-17)26(19(3)27)16-23(28)24-20-9-11-21(12-10-20)25-13-5-4-6-14-25/h7-12,15H,4-6,13-14,16H2,1-3H3,(H,24,28). The van der Waals surface area contributed by atoms with Crippen LogP contribution in [0.5, 0.6) is 0 Å². The lowest BCUT2D eigenvalue weighted by Crippen LogP contribution is -2.37. The van der Waals surface area contributed by atoms with E-state index in [0.29, 0.717) is 0 Å². The number of rotatable bonds is 5. The van der Waals surface area contributed by atoms with Crippen molar-refractivity contribution in [2.45, 2.75) is 40.0 Å². The highest BCUT2D eigenvalue weighted by molar-refractivity contribution is 6.02. The molecule has 2 amide bonds. The number of piperidine rings is 1. The number of carbonyl (C=O) groups excluding carboxylic acids is 2. The molecule has 3 rings (SSSR count). The second-order valence-electron chi connectivity index (χ2n) is 7.54. The predicted octanol–water partition coefficient (Wildman–Crippen LogP) is 4.29. The number of anilines is 3. The van der Waals surface area contributed by atoms with Crippen LogP contribution in [0.4, 0.5) is 17.1 Å². The lowest BCUT2D eigenvalue weighted by molar-refractivity contribution is -0.120. The van der Waals surface area contributed by atoms with Gasteiger partial charge in [-0.25, -0.2) is 0 Å². The molecule has 2 aromatic rings. The molecule has 0 radical (unpaired) electrons. The molecule has 0 aliphatic carbocycles. The molecule has 0 unspecified atom stereocenters. The van der Waals surface area contributed by atoms with Crippen molar-refractivity contribution in [1.29, 1.82) is 0 Å². The lowest BCUT2D eigenvalue weighted by Gasteiger charge is -2.29. The molecule has 0 saturated carbocycles. The van der Waals surface area contributed by atoms with Crippen LogP contribution in [0.25, 0.3) is 0 Å². The van der Waals surface area contributed by atoms with E-state index in [4.69, 9.17) is 0 Å². The molecular weight excluding hydrogens is 350 g/mol. The van der Waals surface area contributed by atoms with Gasteiger partial charge in [-0.2, -0.15) is 0 Å². The highest BCUT2D eigenvalue weighted by Crippen LogP contribution is 2.23. The van der Waals surface area contributed by atoms with Gasteiger partial charge in [-0.3, -0.25) is 9.59 Å². The van der Waals surface area contributed by atoms with Crippen molar-refractivity contribution in [2.24, 2.45) is 0 Å². The average molecular weight is 380 g/mol. The first-order chi connectivity index (χ1) is 13.4. The Hall–Kier alpha value is -2.82. The maximum Gasteiger partial charge on any atom is 0.244 e. The molecule has 1 aliphatic heterocycles. The van der Waals surface area contributed by atoms with Gasteiger partial charge in [0.25, 0.3) is 0 Å². The normalized spacial score (nSPS) is 13.9. The van der Waals surface area contributed by atoms with Gasteiger partial charge in [-0.15, -0.1) is 0 Å². The minimum Gasteiger partial charge on any atom is -0.372 e. The van der Waals surface area contributed by atoms with Gasteiger partial charge in [0, 0.05) is 37.1 Å². The molecule has 2 aromatic carbocycles. The molecule has 0 bridgehead atoms. The summed E-state index contributed by atoms with van der Waals surface area (Å²) < 4.78 is 0. The van der Waals surface area contributed by atoms with Gasteiger partial charge in [0.05, 0.1) is 0 Å². The SMILES string of the molecule is CC(=O)N(CC(=O)Nc1ccc(N2CCCCC2)cc1)c1cc(C)ccc1C. The minimum atomic E-state index is -0.207. The van der Waals surface area contributed by atoms with E-state index < -0.39 is 0 Å². The molecule has 1 saturated heterocycles. The summed E-state index contributed by atoms with van der Waals surface area (Å²) in [5, 5.41) is 2.91.